The zero-order valence-electron chi connectivity index (χ0n) is 8.33. The highest BCUT2D eigenvalue weighted by atomic mass is 16.2. The first-order chi connectivity index (χ1) is 6.25. The lowest BCUT2D eigenvalue weighted by Gasteiger charge is -2.38. The number of nitrogens with zero attached hydrogens (tertiary/aromatic N) is 2. The van der Waals surface area contributed by atoms with Gasteiger partial charge in [0.25, 0.3) is 0 Å². The molecule has 0 radical (unpaired) electrons. The van der Waals surface area contributed by atoms with E-state index in [0.29, 0.717) is 12.5 Å². The summed E-state index contributed by atoms with van der Waals surface area (Å²) in [5.41, 5.74) is 0. The topological polar surface area (TPSA) is 23.6 Å². The number of amides is 1. The number of carbonyl (C=O) groups excluding carboxylic acids is 1. The monoisotopic (exact) mass is 182 g/mol. The summed E-state index contributed by atoms with van der Waals surface area (Å²) in [6.07, 6.45) is 2.54. The molecule has 74 valence electrons. The fraction of sp³-hybridized carbons (Fsp3) is 0.900. The van der Waals surface area contributed by atoms with Gasteiger partial charge in [0, 0.05) is 13.1 Å². The van der Waals surface area contributed by atoms with Gasteiger partial charge in [-0.25, -0.2) is 0 Å². The predicted molar refractivity (Wildman–Crippen MR) is 51.4 cm³/mol. The zero-order valence-corrected chi connectivity index (χ0v) is 8.33. The minimum absolute atomic E-state index is 0.333. The zero-order chi connectivity index (χ0) is 9.26. The summed E-state index contributed by atoms with van der Waals surface area (Å²) in [5.74, 6) is 1.06. The third-order valence-corrected chi connectivity index (χ3v) is 2.97. The highest BCUT2D eigenvalue weighted by Gasteiger charge is 2.28. The van der Waals surface area contributed by atoms with Gasteiger partial charge >= 0.3 is 0 Å². The molecule has 0 aromatic carbocycles. The SMILES string of the molecule is CC1CN(C(=O)CN2CCCC2)C1. The van der Waals surface area contributed by atoms with Crippen molar-refractivity contribution in [3.8, 4) is 0 Å². The van der Waals surface area contributed by atoms with Crippen molar-refractivity contribution in [3.05, 3.63) is 0 Å². The molecule has 13 heavy (non-hydrogen) atoms. The van der Waals surface area contributed by atoms with Gasteiger partial charge in [-0.15, -0.1) is 0 Å². The second kappa shape index (κ2) is 3.66. The first-order valence-corrected chi connectivity index (χ1v) is 5.26. The minimum atomic E-state index is 0.333. The van der Waals surface area contributed by atoms with E-state index in [1.165, 1.54) is 12.8 Å². The first kappa shape index (κ1) is 9.00. The van der Waals surface area contributed by atoms with Crippen molar-refractivity contribution >= 4 is 5.91 Å². The highest BCUT2D eigenvalue weighted by Crippen LogP contribution is 2.15. The quantitative estimate of drug-likeness (QED) is 0.623. The van der Waals surface area contributed by atoms with Crippen LogP contribution in [-0.4, -0.2) is 48.4 Å². The van der Waals surface area contributed by atoms with Crippen LogP contribution in [0.25, 0.3) is 0 Å². The molecule has 2 fully saturated rings. The Morgan fingerprint density at radius 3 is 2.46 bits per heavy atom. The van der Waals surface area contributed by atoms with E-state index in [4.69, 9.17) is 0 Å². The second-order valence-corrected chi connectivity index (χ2v) is 4.39. The average molecular weight is 182 g/mol. The van der Waals surface area contributed by atoms with E-state index in [9.17, 15) is 4.79 Å². The lowest BCUT2D eigenvalue weighted by molar-refractivity contribution is -0.138. The number of hydrogen-bond donors (Lipinski definition) is 0. The Morgan fingerprint density at radius 2 is 1.92 bits per heavy atom. The molecule has 2 saturated heterocycles. The Morgan fingerprint density at radius 1 is 1.31 bits per heavy atom. The van der Waals surface area contributed by atoms with Gasteiger partial charge in [0.15, 0.2) is 0 Å². The van der Waals surface area contributed by atoms with Crippen molar-refractivity contribution in [2.75, 3.05) is 32.7 Å². The van der Waals surface area contributed by atoms with Gasteiger partial charge in [-0.2, -0.15) is 0 Å². The number of hydrogen-bond acceptors (Lipinski definition) is 2. The van der Waals surface area contributed by atoms with Crippen LogP contribution >= 0.6 is 0 Å². The summed E-state index contributed by atoms with van der Waals surface area (Å²) in [6.45, 7) is 7.05. The Labute approximate surface area is 79.7 Å². The standard InChI is InChI=1S/C10H18N2O/c1-9-6-12(7-9)10(13)8-11-4-2-3-5-11/h9H,2-8H2,1H3. The van der Waals surface area contributed by atoms with E-state index in [1.807, 2.05) is 4.90 Å². The van der Waals surface area contributed by atoms with Crippen LogP contribution in [0.2, 0.25) is 0 Å². The molecule has 1 amide bonds. The molecule has 2 heterocycles. The lowest BCUT2D eigenvalue weighted by atomic mass is 10.0. The van der Waals surface area contributed by atoms with Crippen molar-refractivity contribution in [1.29, 1.82) is 0 Å². The maximum atomic E-state index is 11.6. The van der Waals surface area contributed by atoms with Crippen LogP contribution in [0.3, 0.4) is 0 Å². The minimum Gasteiger partial charge on any atom is -0.341 e. The molecule has 2 aliphatic rings. The smallest absolute Gasteiger partial charge is 0.236 e. The molecule has 0 atom stereocenters. The van der Waals surface area contributed by atoms with Crippen LogP contribution in [-0.2, 0) is 4.79 Å². The summed E-state index contributed by atoms with van der Waals surface area (Å²) in [4.78, 5) is 15.9. The lowest BCUT2D eigenvalue weighted by Crippen LogP contribution is -2.51. The molecular formula is C10H18N2O. The van der Waals surface area contributed by atoms with Crippen molar-refractivity contribution in [2.24, 2.45) is 5.92 Å². The molecule has 0 bridgehead atoms. The van der Waals surface area contributed by atoms with Gasteiger partial charge in [0.1, 0.15) is 0 Å². The van der Waals surface area contributed by atoms with Gasteiger partial charge in [-0.3, -0.25) is 9.69 Å². The average Bonchev–Trinajstić information content (AvgIpc) is 2.51. The van der Waals surface area contributed by atoms with E-state index >= 15 is 0 Å². The molecule has 3 heteroatoms. The highest BCUT2D eigenvalue weighted by molar-refractivity contribution is 5.79. The van der Waals surface area contributed by atoms with Crippen LogP contribution in [0.4, 0.5) is 0 Å². The van der Waals surface area contributed by atoms with Gasteiger partial charge in [0.2, 0.25) is 5.91 Å². The normalized spacial score (nSPS) is 24.8. The van der Waals surface area contributed by atoms with Gasteiger partial charge in [-0.05, 0) is 31.8 Å². The molecule has 0 unspecified atom stereocenters. The first-order valence-electron chi connectivity index (χ1n) is 5.26. The van der Waals surface area contributed by atoms with E-state index < -0.39 is 0 Å². The Bertz CT molecular complexity index is 193. The third-order valence-electron chi connectivity index (χ3n) is 2.97. The molecular weight excluding hydrogens is 164 g/mol. The fourth-order valence-electron chi connectivity index (χ4n) is 2.13. The number of likely N-dealkylation sites (tertiary alicyclic amines) is 2. The van der Waals surface area contributed by atoms with Crippen LogP contribution in [0, 0.1) is 5.92 Å². The summed E-state index contributed by atoms with van der Waals surface area (Å²) in [6, 6.07) is 0. The van der Waals surface area contributed by atoms with Crippen molar-refractivity contribution in [1.82, 2.24) is 9.80 Å². The van der Waals surface area contributed by atoms with Crippen LogP contribution < -0.4 is 0 Å². The second-order valence-electron chi connectivity index (χ2n) is 4.39. The molecule has 2 aliphatic heterocycles. The van der Waals surface area contributed by atoms with E-state index in [-0.39, 0.29) is 0 Å². The van der Waals surface area contributed by atoms with Crippen LogP contribution in [0.15, 0.2) is 0 Å². The van der Waals surface area contributed by atoms with Gasteiger partial charge in [0.05, 0.1) is 6.54 Å². The van der Waals surface area contributed by atoms with Crippen molar-refractivity contribution < 1.29 is 4.79 Å². The maximum absolute atomic E-state index is 11.6. The van der Waals surface area contributed by atoms with E-state index in [0.717, 1.165) is 32.1 Å². The molecule has 0 aromatic heterocycles. The third kappa shape index (κ3) is 2.02. The molecule has 0 aliphatic carbocycles. The Balaban J connectivity index is 1.72. The largest absolute Gasteiger partial charge is 0.341 e. The molecule has 0 spiro atoms. The van der Waals surface area contributed by atoms with Crippen LogP contribution in [0.1, 0.15) is 19.8 Å². The maximum Gasteiger partial charge on any atom is 0.236 e. The van der Waals surface area contributed by atoms with E-state index in [1.54, 1.807) is 0 Å². The summed E-state index contributed by atoms with van der Waals surface area (Å²) in [5, 5.41) is 0. The Kier molecular flexibility index (Phi) is 2.54. The van der Waals surface area contributed by atoms with Crippen molar-refractivity contribution in [3.63, 3.8) is 0 Å². The van der Waals surface area contributed by atoms with Gasteiger partial charge in [-0.1, -0.05) is 6.92 Å². The summed E-state index contributed by atoms with van der Waals surface area (Å²) in [7, 11) is 0. The number of carbonyl (C=O) groups is 1. The van der Waals surface area contributed by atoms with Crippen LogP contribution in [0.5, 0.6) is 0 Å². The summed E-state index contributed by atoms with van der Waals surface area (Å²) < 4.78 is 0. The summed E-state index contributed by atoms with van der Waals surface area (Å²) >= 11 is 0. The molecule has 3 nitrogen and oxygen atoms in total. The molecule has 0 N–H and O–H groups in total. The molecule has 0 saturated carbocycles. The van der Waals surface area contributed by atoms with Gasteiger partial charge < -0.3 is 4.90 Å². The molecule has 2 rings (SSSR count). The molecule has 0 aromatic rings. The van der Waals surface area contributed by atoms with Crippen molar-refractivity contribution in [2.45, 2.75) is 19.8 Å². The Hall–Kier alpha value is -0.570. The number of rotatable bonds is 2. The van der Waals surface area contributed by atoms with E-state index in [2.05, 4.69) is 11.8 Å². The fourth-order valence-corrected chi connectivity index (χ4v) is 2.13. The predicted octanol–water partition coefficient (Wildman–Crippen LogP) is 0.560.